The maximum atomic E-state index is 13.8. The maximum Gasteiger partial charge on any atom is 0.416 e. The Morgan fingerprint density at radius 1 is 0.878 bits per heavy atom. The number of cyclic esters (lactones) is 1. The Morgan fingerprint density at radius 2 is 1.54 bits per heavy atom. The topological polar surface area (TPSA) is 38.8 Å². The van der Waals surface area contributed by atoms with E-state index in [-0.39, 0.29) is 29.2 Å². The van der Waals surface area contributed by atoms with Gasteiger partial charge >= 0.3 is 18.4 Å². The molecule has 4 nitrogen and oxygen atoms in total. The summed E-state index contributed by atoms with van der Waals surface area (Å²) in [5, 5.41) is 0. The Kier molecular flexibility index (Phi) is 8.29. The minimum Gasteiger partial charge on any atom is -0.496 e. The number of amides is 1. The molecule has 220 valence electrons. The van der Waals surface area contributed by atoms with Crippen molar-refractivity contribution in [2.24, 2.45) is 0 Å². The number of nitrogens with zero attached hydrogens (tertiary/aromatic N) is 1. The van der Waals surface area contributed by atoms with Gasteiger partial charge in [0.25, 0.3) is 0 Å². The minimum absolute atomic E-state index is 0.00694. The fourth-order valence-electron chi connectivity index (χ4n) is 4.94. The van der Waals surface area contributed by atoms with E-state index < -0.39 is 48.4 Å². The van der Waals surface area contributed by atoms with Gasteiger partial charge in [0.15, 0.2) is 0 Å². The van der Waals surface area contributed by atoms with Crippen molar-refractivity contribution in [1.82, 2.24) is 4.90 Å². The number of hydrogen-bond donors (Lipinski definition) is 0. The number of carbonyl (C=O) groups is 1. The lowest BCUT2D eigenvalue weighted by Crippen LogP contribution is -2.31. The lowest BCUT2D eigenvalue weighted by Gasteiger charge is -2.24. The molecule has 1 aliphatic heterocycles. The van der Waals surface area contributed by atoms with Crippen LogP contribution in [0.5, 0.6) is 5.75 Å². The van der Waals surface area contributed by atoms with Gasteiger partial charge in [-0.15, -0.1) is 0 Å². The second-order valence-electron chi connectivity index (χ2n) is 10.3. The number of alkyl halides is 7. The molecule has 2 atom stereocenters. The lowest BCUT2D eigenvalue weighted by atomic mass is 9.89. The second kappa shape index (κ2) is 11.3. The average molecular weight is 584 g/mol. The van der Waals surface area contributed by atoms with Crippen molar-refractivity contribution in [3.63, 3.8) is 0 Å². The third kappa shape index (κ3) is 6.28. The van der Waals surface area contributed by atoms with E-state index in [0.717, 1.165) is 28.7 Å². The number of rotatable bonds is 7. The molecule has 0 aliphatic carbocycles. The predicted octanol–water partition coefficient (Wildman–Crippen LogP) is 9.07. The van der Waals surface area contributed by atoms with Gasteiger partial charge in [0, 0.05) is 17.7 Å². The van der Waals surface area contributed by atoms with Crippen LogP contribution in [0.1, 0.15) is 66.2 Å². The summed E-state index contributed by atoms with van der Waals surface area (Å²) in [7, 11) is 1.43. The molecule has 0 unspecified atom stereocenters. The molecule has 0 saturated carbocycles. The van der Waals surface area contributed by atoms with Gasteiger partial charge in [0.05, 0.1) is 24.3 Å². The van der Waals surface area contributed by atoms with Crippen LogP contribution < -0.4 is 4.74 Å². The summed E-state index contributed by atoms with van der Waals surface area (Å²) in [5.74, 6) is 0.491. The number of benzene rings is 3. The van der Waals surface area contributed by atoms with Gasteiger partial charge in [-0.25, -0.2) is 9.18 Å². The molecule has 1 fully saturated rings. The number of hydrogen-bond acceptors (Lipinski definition) is 3. The summed E-state index contributed by atoms with van der Waals surface area (Å²) in [6, 6.07) is 10.3. The van der Waals surface area contributed by atoms with E-state index in [1.165, 1.54) is 26.2 Å². The molecule has 0 spiro atoms. The Bertz CT molecular complexity index is 1430. The van der Waals surface area contributed by atoms with Gasteiger partial charge in [0.2, 0.25) is 0 Å². The van der Waals surface area contributed by atoms with Crippen molar-refractivity contribution in [3.05, 3.63) is 88.0 Å². The van der Waals surface area contributed by atoms with Crippen LogP contribution in [0.15, 0.2) is 54.6 Å². The van der Waals surface area contributed by atoms with Gasteiger partial charge in [-0.05, 0) is 71.5 Å². The standard InChI is InChI=1S/C30H28F7NO3/c1-16(2)20-5-8-26(40-4)24(12-20)23-7-6-21(29(32,33)34)13-25(23)27-17(3)38(28(39)41-27)15-19-9-18(14-31)10-22(11-19)30(35,36)37/h5-13,16-17,27H,14-15H2,1-4H3/t17-,27-/m0/s1. The maximum absolute atomic E-state index is 13.8. The Hall–Kier alpha value is -3.76. The molecule has 1 amide bonds. The Morgan fingerprint density at radius 3 is 2.12 bits per heavy atom. The largest absolute Gasteiger partial charge is 0.496 e. The number of ether oxygens (including phenoxy) is 2. The van der Waals surface area contributed by atoms with Crippen molar-refractivity contribution in [2.45, 2.75) is 64.4 Å². The number of methoxy groups -OCH3 is 1. The molecule has 3 aromatic carbocycles. The van der Waals surface area contributed by atoms with Crippen LogP contribution in [-0.2, 0) is 30.3 Å². The van der Waals surface area contributed by atoms with Crippen LogP contribution in [0, 0.1) is 0 Å². The number of halogens is 7. The van der Waals surface area contributed by atoms with E-state index in [4.69, 9.17) is 9.47 Å². The summed E-state index contributed by atoms with van der Waals surface area (Å²) >= 11 is 0. The van der Waals surface area contributed by atoms with Crippen molar-refractivity contribution < 1.29 is 45.0 Å². The highest BCUT2D eigenvalue weighted by Gasteiger charge is 2.42. The molecule has 11 heteroatoms. The average Bonchev–Trinajstić information content (AvgIpc) is 3.19. The van der Waals surface area contributed by atoms with Gasteiger partial charge in [-0.3, -0.25) is 4.90 Å². The summed E-state index contributed by atoms with van der Waals surface area (Å²) in [4.78, 5) is 14.1. The molecular formula is C30H28F7NO3. The fraction of sp³-hybridized carbons (Fsp3) is 0.367. The monoisotopic (exact) mass is 583 g/mol. The van der Waals surface area contributed by atoms with E-state index in [1.807, 2.05) is 19.9 Å². The molecule has 41 heavy (non-hydrogen) atoms. The zero-order valence-electron chi connectivity index (χ0n) is 22.7. The van der Waals surface area contributed by atoms with E-state index in [9.17, 15) is 35.5 Å². The van der Waals surface area contributed by atoms with Crippen LogP contribution in [0.25, 0.3) is 11.1 Å². The van der Waals surface area contributed by atoms with Crippen LogP contribution in [0.3, 0.4) is 0 Å². The second-order valence-corrected chi connectivity index (χ2v) is 10.3. The van der Waals surface area contributed by atoms with Crippen LogP contribution >= 0.6 is 0 Å². The number of carbonyl (C=O) groups excluding carboxylic acids is 1. The molecule has 0 bridgehead atoms. The molecule has 1 saturated heterocycles. The zero-order chi connectivity index (χ0) is 30.3. The normalized spacial score (nSPS) is 17.8. The van der Waals surface area contributed by atoms with Crippen molar-refractivity contribution in [3.8, 4) is 16.9 Å². The Labute approximate surface area is 232 Å². The zero-order valence-corrected chi connectivity index (χ0v) is 22.7. The predicted molar refractivity (Wildman–Crippen MR) is 138 cm³/mol. The van der Waals surface area contributed by atoms with E-state index in [1.54, 1.807) is 12.1 Å². The summed E-state index contributed by atoms with van der Waals surface area (Å²) in [6.45, 7) is 3.93. The first-order valence-corrected chi connectivity index (χ1v) is 12.8. The molecule has 0 radical (unpaired) electrons. The highest BCUT2D eigenvalue weighted by Crippen LogP contribution is 2.44. The highest BCUT2D eigenvalue weighted by molar-refractivity contribution is 5.77. The van der Waals surface area contributed by atoms with E-state index in [0.29, 0.717) is 22.9 Å². The molecule has 0 aromatic heterocycles. The molecular weight excluding hydrogens is 555 g/mol. The van der Waals surface area contributed by atoms with Gasteiger partial charge in [0.1, 0.15) is 18.5 Å². The van der Waals surface area contributed by atoms with Gasteiger partial charge in [-0.2, -0.15) is 26.3 Å². The Balaban J connectivity index is 1.79. The quantitative estimate of drug-likeness (QED) is 0.261. The first kappa shape index (κ1) is 30.2. The van der Waals surface area contributed by atoms with Gasteiger partial charge in [-0.1, -0.05) is 32.0 Å². The van der Waals surface area contributed by atoms with Crippen LogP contribution in [0.4, 0.5) is 35.5 Å². The lowest BCUT2D eigenvalue weighted by molar-refractivity contribution is -0.138. The van der Waals surface area contributed by atoms with E-state index >= 15 is 0 Å². The van der Waals surface area contributed by atoms with Crippen molar-refractivity contribution in [2.75, 3.05) is 7.11 Å². The smallest absolute Gasteiger partial charge is 0.416 e. The third-order valence-corrected chi connectivity index (χ3v) is 7.14. The fourth-order valence-corrected chi connectivity index (χ4v) is 4.94. The summed E-state index contributed by atoms with van der Waals surface area (Å²) in [6.07, 6.45) is -11.5. The van der Waals surface area contributed by atoms with E-state index in [2.05, 4.69) is 0 Å². The highest BCUT2D eigenvalue weighted by atomic mass is 19.4. The van der Waals surface area contributed by atoms with Crippen molar-refractivity contribution >= 4 is 6.09 Å². The first-order valence-electron chi connectivity index (χ1n) is 12.8. The third-order valence-electron chi connectivity index (χ3n) is 7.14. The summed E-state index contributed by atoms with van der Waals surface area (Å²) in [5.41, 5.74) is -0.429. The molecule has 0 N–H and O–H groups in total. The van der Waals surface area contributed by atoms with Crippen molar-refractivity contribution in [1.29, 1.82) is 0 Å². The molecule has 1 heterocycles. The summed E-state index contributed by atoms with van der Waals surface area (Å²) < 4.78 is 106. The van der Waals surface area contributed by atoms with Crippen LogP contribution in [0.2, 0.25) is 0 Å². The molecule has 3 aromatic rings. The molecule has 4 rings (SSSR count). The first-order chi connectivity index (χ1) is 19.1. The SMILES string of the molecule is COc1ccc(C(C)C)cc1-c1ccc(C(F)(F)F)cc1[C@H]1OC(=O)N(Cc2cc(CF)cc(C(F)(F)F)c2)[C@H]1C. The molecule has 1 aliphatic rings. The van der Waals surface area contributed by atoms with Gasteiger partial charge < -0.3 is 9.47 Å². The minimum atomic E-state index is -4.74. The van der Waals surface area contributed by atoms with Crippen LogP contribution in [-0.4, -0.2) is 24.1 Å².